The van der Waals surface area contributed by atoms with Gasteiger partial charge in [-0.2, -0.15) is 0 Å². The molecule has 0 unspecified atom stereocenters. The Hall–Kier alpha value is -3.02. The highest BCUT2D eigenvalue weighted by molar-refractivity contribution is 5.96. The summed E-state index contributed by atoms with van der Waals surface area (Å²) >= 11 is 0. The van der Waals surface area contributed by atoms with Crippen LogP contribution in [0.3, 0.4) is 0 Å². The van der Waals surface area contributed by atoms with Gasteiger partial charge in [0, 0.05) is 30.8 Å². The number of ether oxygens (including phenoxy) is 2. The maximum Gasteiger partial charge on any atom is 0.251 e. The normalized spacial score (nSPS) is 12.4. The minimum Gasteiger partial charge on any atom is -0.490 e. The molecule has 3 rings (SSSR count). The molecule has 2 amide bonds. The van der Waals surface area contributed by atoms with Crippen LogP contribution >= 0.6 is 0 Å². The van der Waals surface area contributed by atoms with E-state index in [9.17, 15) is 9.59 Å². The molecule has 0 spiro atoms. The lowest BCUT2D eigenvalue weighted by Crippen LogP contribution is -2.27. The van der Waals surface area contributed by atoms with Crippen molar-refractivity contribution in [1.82, 2.24) is 5.32 Å². The van der Waals surface area contributed by atoms with E-state index in [0.717, 1.165) is 29.8 Å². The van der Waals surface area contributed by atoms with Crippen molar-refractivity contribution in [3.05, 3.63) is 53.1 Å². The van der Waals surface area contributed by atoms with Crippen LogP contribution in [0.5, 0.6) is 11.5 Å². The summed E-state index contributed by atoms with van der Waals surface area (Å²) in [4.78, 5) is 26.5. The molecule has 0 saturated heterocycles. The van der Waals surface area contributed by atoms with Crippen LogP contribution in [0, 0.1) is 0 Å². The van der Waals surface area contributed by atoms with Gasteiger partial charge in [-0.05, 0) is 55.7 Å². The quantitative estimate of drug-likeness (QED) is 0.739. The maximum absolute atomic E-state index is 12.6. The molecule has 6 heteroatoms. The largest absolute Gasteiger partial charge is 0.490 e. The van der Waals surface area contributed by atoms with Crippen molar-refractivity contribution >= 4 is 17.5 Å². The Morgan fingerprint density at radius 2 is 1.76 bits per heavy atom. The number of benzene rings is 2. The molecule has 6 nitrogen and oxygen atoms in total. The van der Waals surface area contributed by atoms with Crippen molar-refractivity contribution in [1.29, 1.82) is 0 Å². The van der Waals surface area contributed by atoms with Crippen LogP contribution in [0.2, 0.25) is 0 Å². The molecule has 0 aromatic heterocycles. The molecule has 1 aliphatic heterocycles. The molecular weight excluding hydrogens is 368 g/mol. The minimum absolute atomic E-state index is 0.144. The second-order valence-electron chi connectivity index (χ2n) is 6.82. The third-order valence-corrected chi connectivity index (χ3v) is 4.90. The molecule has 1 N–H and O–H groups in total. The number of hydrogen-bond acceptors (Lipinski definition) is 4. The van der Waals surface area contributed by atoms with Gasteiger partial charge in [-0.25, -0.2) is 0 Å². The zero-order valence-corrected chi connectivity index (χ0v) is 17.3. The average Bonchev–Trinajstić information content (AvgIpc) is 3.16. The summed E-state index contributed by atoms with van der Waals surface area (Å²) < 4.78 is 11.1. The Morgan fingerprint density at radius 3 is 2.48 bits per heavy atom. The molecule has 0 fully saturated rings. The standard InChI is InChI=1S/C23H28N2O4/c1-4-22(26)25-12-11-17-13-16(7-9-19(17)25)15-24-23(27)18-8-10-20(28-5-2)21(14-18)29-6-3/h7-10,13-14H,4-6,11-12,15H2,1-3H3,(H,24,27). The minimum atomic E-state index is -0.169. The molecule has 154 valence electrons. The molecule has 0 bridgehead atoms. The first kappa shape index (κ1) is 20.7. The van der Waals surface area contributed by atoms with Crippen molar-refractivity contribution in [3.8, 4) is 11.5 Å². The van der Waals surface area contributed by atoms with Crippen molar-refractivity contribution in [2.24, 2.45) is 0 Å². The van der Waals surface area contributed by atoms with Crippen molar-refractivity contribution < 1.29 is 19.1 Å². The van der Waals surface area contributed by atoms with Gasteiger partial charge in [0.15, 0.2) is 11.5 Å². The number of carbonyl (C=O) groups is 2. The fourth-order valence-electron chi connectivity index (χ4n) is 3.49. The highest BCUT2D eigenvalue weighted by Crippen LogP contribution is 2.30. The van der Waals surface area contributed by atoms with E-state index in [2.05, 4.69) is 11.4 Å². The lowest BCUT2D eigenvalue weighted by atomic mass is 10.1. The smallest absolute Gasteiger partial charge is 0.251 e. The van der Waals surface area contributed by atoms with E-state index < -0.39 is 0 Å². The van der Waals surface area contributed by atoms with Crippen LogP contribution in [0.4, 0.5) is 5.69 Å². The Morgan fingerprint density at radius 1 is 1.00 bits per heavy atom. The van der Waals surface area contributed by atoms with Gasteiger partial charge in [0.2, 0.25) is 5.91 Å². The summed E-state index contributed by atoms with van der Waals surface area (Å²) in [5.41, 5.74) is 3.68. The van der Waals surface area contributed by atoms with Crippen LogP contribution < -0.4 is 19.7 Å². The van der Waals surface area contributed by atoms with E-state index in [1.807, 2.05) is 37.8 Å². The SMILES string of the molecule is CCOc1ccc(C(=O)NCc2ccc3c(c2)CCN3C(=O)CC)cc1OCC. The van der Waals surface area contributed by atoms with Crippen LogP contribution in [-0.2, 0) is 17.8 Å². The molecule has 0 atom stereocenters. The molecule has 2 aromatic carbocycles. The van der Waals surface area contributed by atoms with Gasteiger partial charge in [-0.3, -0.25) is 9.59 Å². The van der Waals surface area contributed by atoms with E-state index in [1.54, 1.807) is 18.2 Å². The van der Waals surface area contributed by atoms with Gasteiger partial charge < -0.3 is 19.7 Å². The fraction of sp³-hybridized carbons (Fsp3) is 0.391. The lowest BCUT2D eigenvalue weighted by molar-refractivity contribution is -0.118. The van der Waals surface area contributed by atoms with Gasteiger partial charge in [-0.1, -0.05) is 19.1 Å². The number of rotatable bonds is 8. The zero-order chi connectivity index (χ0) is 20.8. The topological polar surface area (TPSA) is 67.9 Å². The van der Waals surface area contributed by atoms with Crippen molar-refractivity contribution in [2.75, 3.05) is 24.7 Å². The van der Waals surface area contributed by atoms with Gasteiger partial charge in [0.1, 0.15) is 0 Å². The van der Waals surface area contributed by atoms with E-state index in [0.29, 0.717) is 43.2 Å². The Balaban J connectivity index is 1.67. The number of fused-ring (bicyclic) bond motifs is 1. The summed E-state index contributed by atoms with van der Waals surface area (Å²) in [7, 11) is 0. The number of nitrogens with one attached hydrogen (secondary N) is 1. The fourth-order valence-corrected chi connectivity index (χ4v) is 3.49. The highest BCUT2D eigenvalue weighted by Gasteiger charge is 2.23. The Kier molecular flexibility index (Phi) is 6.75. The summed E-state index contributed by atoms with van der Waals surface area (Å²) in [6.07, 6.45) is 1.35. The molecule has 0 aliphatic carbocycles. The molecule has 29 heavy (non-hydrogen) atoms. The maximum atomic E-state index is 12.6. The van der Waals surface area contributed by atoms with Gasteiger partial charge in [-0.15, -0.1) is 0 Å². The van der Waals surface area contributed by atoms with Crippen LogP contribution in [-0.4, -0.2) is 31.6 Å². The summed E-state index contributed by atoms with van der Waals surface area (Å²) in [6.45, 7) is 7.86. The number of carbonyl (C=O) groups excluding carboxylic acids is 2. The molecular formula is C23H28N2O4. The van der Waals surface area contributed by atoms with Gasteiger partial charge >= 0.3 is 0 Å². The third-order valence-electron chi connectivity index (χ3n) is 4.90. The van der Waals surface area contributed by atoms with Crippen LogP contribution in [0.1, 0.15) is 48.7 Å². The van der Waals surface area contributed by atoms with E-state index in [4.69, 9.17) is 9.47 Å². The number of nitrogens with zero attached hydrogens (tertiary/aromatic N) is 1. The monoisotopic (exact) mass is 396 g/mol. The Labute approximate surface area is 171 Å². The molecule has 1 heterocycles. The number of anilines is 1. The summed E-state index contributed by atoms with van der Waals surface area (Å²) in [6, 6.07) is 11.2. The molecule has 0 saturated carbocycles. The third kappa shape index (κ3) is 4.70. The van der Waals surface area contributed by atoms with E-state index in [-0.39, 0.29) is 11.8 Å². The zero-order valence-electron chi connectivity index (χ0n) is 17.3. The predicted octanol–water partition coefficient (Wildman–Crippen LogP) is 3.71. The summed E-state index contributed by atoms with van der Waals surface area (Å²) in [5.74, 6) is 1.18. The lowest BCUT2D eigenvalue weighted by Gasteiger charge is -2.16. The van der Waals surface area contributed by atoms with Crippen molar-refractivity contribution in [3.63, 3.8) is 0 Å². The molecule has 0 radical (unpaired) electrons. The van der Waals surface area contributed by atoms with Crippen LogP contribution in [0.15, 0.2) is 36.4 Å². The van der Waals surface area contributed by atoms with Crippen LogP contribution in [0.25, 0.3) is 0 Å². The van der Waals surface area contributed by atoms with E-state index >= 15 is 0 Å². The first-order valence-corrected chi connectivity index (χ1v) is 10.2. The first-order valence-electron chi connectivity index (χ1n) is 10.2. The number of hydrogen-bond donors (Lipinski definition) is 1. The first-order chi connectivity index (χ1) is 14.1. The molecule has 1 aliphatic rings. The second-order valence-corrected chi connectivity index (χ2v) is 6.82. The number of amides is 2. The van der Waals surface area contributed by atoms with Crippen molar-refractivity contribution in [2.45, 2.75) is 40.2 Å². The average molecular weight is 396 g/mol. The molecule has 2 aromatic rings. The highest BCUT2D eigenvalue weighted by atomic mass is 16.5. The summed E-state index contributed by atoms with van der Waals surface area (Å²) in [5, 5.41) is 2.96. The second kappa shape index (κ2) is 9.45. The Bertz CT molecular complexity index is 894. The van der Waals surface area contributed by atoms with Gasteiger partial charge in [0.05, 0.1) is 13.2 Å². The van der Waals surface area contributed by atoms with Gasteiger partial charge in [0.25, 0.3) is 5.91 Å². The predicted molar refractivity (Wildman–Crippen MR) is 113 cm³/mol. The van der Waals surface area contributed by atoms with E-state index in [1.165, 1.54) is 0 Å².